The SMILES string of the molecule is C=Cc1cc(C(=C)c2ccc(N(C)c3ccc(Cl)cc3)cc2)ccc1C. The zero-order valence-corrected chi connectivity index (χ0v) is 15.9. The van der Waals surface area contributed by atoms with Crippen LogP contribution in [0.1, 0.15) is 22.3 Å². The summed E-state index contributed by atoms with van der Waals surface area (Å²) in [6.07, 6.45) is 1.89. The van der Waals surface area contributed by atoms with Gasteiger partial charge in [-0.15, -0.1) is 0 Å². The molecular formula is C24H22ClN. The average molecular weight is 360 g/mol. The maximum absolute atomic E-state index is 5.97. The van der Waals surface area contributed by atoms with Crippen LogP contribution in [0.5, 0.6) is 0 Å². The molecule has 0 unspecified atom stereocenters. The second-order valence-electron chi connectivity index (χ2n) is 6.34. The summed E-state index contributed by atoms with van der Waals surface area (Å²) in [5, 5.41) is 0.741. The normalized spacial score (nSPS) is 10.4. The van der Waals surface area contributed by atoms with E-state index in [1.165, 1.54) is 5.56 Å². The molecule has 0 fully saturated rings. The molecule has 0 aliphatic heterocycles. The summed E-state index contributed by atoms with van der Waals surface area (Å²) in [5.74, 6) is 0. The number of anilines is 2. The molecule has 0 N–H and O–H groups in total. The van der Waals surface area contributed by atoms with Crippen LogP contribution in [-0.4, -0.2) is 7.05 Å². The summed E-state index contributed by atoms with van der Waals surface area (Å²) in [6.45, 7) is 10.3. The van der Waals surface area contributed by atoms with Gasteiger partial charge in [0.1, 0.15) is 0 Å². The molecule has 0 spiro atoms. The van der Waals surface area contributed by atoms with Crippen LogP contribution in [0, 0.1) is 6.92 Å². The van der Waals surface area contributed by atoms with Crippen molar-refractivity contribution in [3.05, 3.63) is 107 Å². The van der Waals surface area contributed by atoms with Crippen molar-refractivity contribution in [3.63, 3.8) is 0 Å². The molecule has 0 saturated heterocycles. The van der Waals surface area contributed by atoms with Crippen LogP contribution in [-0.2, 0) is 0 Å². The molecule has 0 bridgehead atoms. The number of hydrogen-bond donors (Lipinski definition) is 0. The molecule has 0 aliphatic carbocycles. The Morgan fingerprint density at radius 1 is 0.885 bits per heavy atom. The van der Waals surface area contributed by atoms with E-state index in [9.17, 15) is 0 Å². The Morgan fingerprint density at radius 3 is 2.00 bits per heavy atom. The van der Waals surface area contributed by atoms with E-state index in [2.05, 4.69) is 67.4 Å². The van der Waals surface area contributed by atoms with Gasteiger partial charge < -0.3 is 4.90 Å². The van der Waals surface area contributed by atoms with Crippen LogP contribution in [0.2, 0.25) is 5.02 Å². The zero-order chi connectivity index (χ0) is 18.7. The van der Waals surface area contributed by atoms with Crippen LogP contribution in [0.3, 0.4) is 0 Å². The minimum atomic E-state index is 0.741. The predicted octanol–water partition coefficient (Wildman–Crippen LogP) is 7.12. The lowest BCUT2D eigenvalue weighted by molar-refractivity contribution is 1.21. The lowest BCUT2D eigenvalue weighted by Gasteiger charge is -2.20. The molecule has 3 aromatic carbocycles. The monoisotopic (exact) mass is 359 g/mol. The molecule has 0 amide bonds. The number of aryl methyl sites for hydroxylation is 1. The van der Waals surface area contributed by atoms with E-state index in [1.54, 1.807) is 0 Å². The van der Waals surface area contributed by atoms with Crippen molar-refractivity contribution in [3.8, 4) is 0 Å². The number of hydrogen-bond acceptors (Lipinski definition) is 1. The van der Waals surface area contributed by atoms with Crippen molar-refractivity contribution in [2.45, 2.75) is 6.92 Å². The number of nitrogens with zero attached hydrogens (tertiary/aromatic N) is 1. The van der Waals surface area contributed by atoms with E-state index in [0.29, 0.717) is 0 Å². The quantitative estimate of drug-likeness (QED) is 0.468. The van der Waals surface area contributed by atoms with Gasteiger partial charge in [-0.3, -0.25) is 0 Å². The Morgan fingerprint density at radius 2 is 1.42 bits per heavy atom. The third-order valence-electron chi connectivity index (χ3n) is 4.66. The Bertz CT molecular complexity index is 937. The lowest BCUT2D eigenvalue weighted by atomic mass is 9.96. The maximum Gasteiger partial charge on any atom is 0.0409 e. The summed E-state index contributed by atoms with van der Waals surface area (Å²) in [5.41, 5.74) is 7.80. The van der Waals surface area contributed by atoms with Gasteiger partial charge in [-0.2, -0.15) is 0 Å². The molecule has 3 rings (SSSR count). The summed E-state index contributed by atoms with van der Waals surface area (Å²) in [4.78, 5) is 2.13. The molecule has 0 aromatic heterocycles. The first kappa shape index (κ1) is 18.0. The first-order chi connectivity index (χ1) is 12.5. The summed E-state index contributed by atoms with van der Waals surface area (Å²) < 4.78 is 0. The lowest BCUT2D eigenvalue weighted by Crippen LogP contribution is -2.09. The Labute approximate surface area is 160 Å². The molecule has 26 heavy (non-hydrogen) atoms. The zero-order valence-electron chi connectivity index (χ0n) is 15.2. The minimum absolute atomic E-state index is 0.741. The highest BCUT2D eigenvalue weighted by Gasteiger charge is 2.07. The van der Waals surface area contributed by atoms with Crippen LogP contribution in [0.25, 0.3) is 11.6 Å². The minimum Gasteiger partial charge on any atom is -0.345 e. The van der Waals surface area contributed by atoms with Gasteiger partial charge in [-0.1, -0.05) is 55.1 Å². The first-order valence-electron chi connectivity index (χ1n) is 8.51. The van der Waals surface area contributed by atoms with Crippen molar-refractivity contribution in [2.24, 2.45) is 0 Å². The molecule has 0 atom stereocenters. The van der Waals surface area contributed by atoms with Crippen molar-refractivity contribution >= 4 is 34.6 Å². The van der Waals surface area contributed by atoms with Gasteiger partial charge in [0, 0.05) is 23.4 Å². The second kappa shape index (κ2) is 7.63. The first-order valence-corrected chi connectivity index (χ1v) is 8.89. The molecule has 0 heterocycles. The topological polar surface area (TPSA) is 3.24 Å². The second-order valence-corrected chi connectivity index (χ2v) is 6.77. The van der Waals surface area contributed by atoms with Crippen molar-refractivity contribution < 1.29 is 0 Å². The third kappa shape index (κ3) is 3.74. The standard InChI is InChI=1S/C24H22ClN/c1-5-19-16-21(7-6-17(19)2)18(3)20-8-12-23(13-9-20)26(4)24-14-10-22(25)11-15-24/h5-16H,1,3H2,2,4H3. The number of halogens is 1. The fourth-order valence-corrected chi connectivity index (χ4v) is 3.04. The summed E-state index contributed by atoms with van der Waals surface area (Å²) >= 11 is 5.97. The van der Waals surface area contributed by atoms with E-state index in [-0.39, 0.29) is 0 Å². The highest BCUT2D eigenvalue weighted by molar-refractivity contribution is 6.30. The largest absolute Gasteiger partial charge is 0.345 e. The predicted molar refractivity (Wildman–Crippen MR) is 115 cm³/mol. The van der Waals surface area contributed by atoms with E-state index in [1.807, 2.05) is 37.4 Å². The van der Waals surface area contributed by atoms with Gasteiger partial charge >= 0.3 is 0 Å². The molecular weight excluding hydrogens is 338 g/mol. The van der Waals surface area contributed by atoms with Gasteiger partial charge in [0.25, 0.3) is 0 Å². The third-order valence-corrected chi connectivity index (χ3v) is 4.92. The van der Waals surface area contributed by atoms with Gasteiger partial charge in [-0.25, -0.2) is 0 Å². The van der Waals surface area contributed by atoms with Gasteiger partial charge in [0.2, 0.25) is 0 Å². The highest BCUT2D eigenvalue weighted by Crippen LogP contribution is 2.29. The fraction of sp³-hybridized carbons (Fsp3) is 0.0833. The van der Waals surface area contributed by atoms with E-state index in [4.69, 9.17) is 11.6 Å². The average Bonchev–Trinajstić information content (AvgIpc) is 2.68. The summed E-state index contributed by atoms with van der Waals surface area (Å²) in [7, 11) is 2.05. The molecule has 0 aliphatic rings. The van der Waals surface area contributed by atoms with Crippen molar-refractivity contribution in [2.75, 3.05) is 11.9 Å². The van der Waals surface area contributed by atoms with Gasteiger partial charge in [-0.05, 0) is 77.2 Å². The van der Waals surface area contributed by atoms with Crippen LogP contribution in [0.15, 0.2) is 79.9 Å². The van der Waals surface area contributed by atoms with E-state index >= 15 is 0 Å². The number of rotatable bonds is 5. The van der Waals surface area contributed by atoms with E-state index in [0.717, 1.165) is 38.7 Å². The highest BCUT2D eigenvalue weighted by atomic mass is 35.5. The molecule has 0 saturated carbocycles. The van der Waals surface area contributed by atoms with Crippen molar-refractivity contribution in [1.82, 2.24) is 0 Å². The molecule has 130 valence electrons. The smallest absolute Gasteiger partial charge is 0.0409 e. The van der Waals surface area contributed by atoms with Crippen LogP contribution in [0.4, 0.5) is 11.4 Å². The number of benzene rings is 3. The molecule has 2 heteroatoms. The van der Waals surface area contributed by atoms with Gasteiger partial charge in [0.05, 0.1) is 0 Å². The molecule has 3 aromatic rings. The maximum atomic E-state index is 5.97. The van der Waals surface area contributed by atoms with Crippen LogP contribution >= 0.6 is 11.6 Å². The van der Waals surface area contributed by atoms with Gasteiger partial charge in [0.15, 0.2) is 0 Å². The Hall–Kier alpha value is -2.77. The van der Waals surface area contributed by atoms with E-state index < -0.39 is 0 Å². The fourth-order valence-electron chi connectivity index (χ4n) is 2.91. The Kier molecular flexibility index (Phi) is 5.29. The molecule has 1 nitrogen and oxygen atoms in total. The summed E-state index contributed by atoms with van der Waals surface area (Å²) in [6, 6.07) is 22.6. The van der Waals surface area contributed by atoms with Crippen molar-refractivity contribution in [1.29, 1.82) is 0 Å². The molecule has 0 radical (unpaired) electrons. The Balaban J connectivity index is 1.84. The van der Waals surface area contributed by atoms with Crippen LogP contribution < -0.4 is 4.90 Å².